The van der Waals surface area contributed by atoms with Gasteiger partial charge in [-0.15, -0.1) is 0 Å². The van der Waals surface area contributed by atoms with Crippen molar-refractivity contribution in [2.24, 2.45) is 0 Å². The second-order valence-corrected chi connectivity index (χ2v) is 7.65. The molecule has 0 bridgehead atoms. The molecule has 1 aromatic rings. The number of sulfonamides is 1. The molecule has 0 unspecified atom stereocenters. The minimum absolute atomic E-state index is 0.0125. The van der Waals surface area contributed by atoms with E-state index in [0.717, 1.165) is 0 Å². The minimum Gasteiger partial charge on any atom is -0.399 e. The molecule has 21 heavy (non-hydrogen) atoms. The van der Waals surface area contributed by atoms with E-state index in [1.165, 1.54) is 10.4 Å². The van der Waals surface area contributed by atoms with Crippen LogP contribution < -0.4 is 5.73 Å². The van der Waals surface area contributed by atoms with E-state index in [9.17, 15) is 8.42 Å². The van der Waals surface area contributed by atoms with Gasteiger partial charge in [0.1, 0.15) is 0 Å². The van der Waals surface area contributed by atoms with E-state index >= 15 is 0 Å². The zero-order valence-electron chi connectivity index (χ0n) is 11.5. The van der Waals surface area contributed by atoms with Crippen molar-refractivity contribution in [3.05, 3.63) is 22.7 Å². The van der Waals surface area contributed by atoms with Crippen LogP contribution in [0.25, 0.3) is 0 Å². The number of nitrogens with zero attached hydrogens (tertiary/aromatic N) is 1. The lowest BCUT2D eigenvalue weighted by Gasteiger charge is -2.31. The lowest BCUT2D eigenvalue weighted by molar-refractivity contribution is 0.00318. The molecule has 1 aliphatic rings. The highest BCUT2D eigenvalue weighted by Gasteiger charge is 2.30. The Hall–Kier alpha value is -0.670. The molecule has 1 heterocycles. The van der Waals surface area contributed by atoms with Gasteiger partial charge >= 0.3 is 0 Å². The summed E-state index contributed by atoms with van der Waals surface area (Å²) in [4.78, 5) is 0.228. The van der Waals surface area contributed by atoms with Crippen LogP contribution >= 0.6 is 15.9 Å². The zero-order chi connectivity index (χ0) is 15.5. The summed E-state index contributed by atoms with van der Waals surface area (Å²) in [5.74, 6) is 0. The van der Waals surface area contributed by atoms with Crippen LogP contribution in [-0.2, 0) is 14.8 Å². The molecule has 0 spiro atoms. The normalized spacial score (nSPS) is 18.0. The zero-order valence-corrected chi connectivity index (χ0v) is 13.9. The highest BCUT2D eigenvalue weighted by Crippen LogP contribution is 2.29. The molecule has 3 N–H and O–H groups in total. The standard InChI is InChI=1S/C13H19BrN2O4S/c14-12-9-10(15)1-2-13(12)21(18,19)16-5-3-11(4-6-16)20-8-7-17/h1-2,9,11,17H,3-8,15H2. The predicted molar refractivity (Wildman–Crippen MR) is 83.4 cm³/mol. The second kappa shape index (κ2) is 7.06. The van der Waals surface area contributed by atoms with Gasteiger partial charge in [0.15, 0.2) is 0 Å². The Morgan fingerprint density at radius 1 is 1.38 bits per heavy atom. The summed E-state index contributed by atoms with van der Waals surface area (Å²) in [6.45, 7) is 1.10. The van der Waals surface area contributed by atoms with E-state index in [4.69, 9.17) is 15.6 Å². The van der Waals surface area contributed by atoms with Crippen molar-refractivity contribution in [3.8, 4) is 0 Å². The molecule has 0 radical (unpaired) electrons. The number of hydrogen-bond donors (Lipinski definition) is 2. The molecular formula is C13H19BrN2O4S. The van der Waals surface area contributed by atoms with Gasteiger partial charge < -0.3 is 15.6 Å². The number of hydrogen-bond acceptors (Lipinski definition) is 5. The average Bonchev–Trinajstić information content (AvgIpc) is 2.45. The molecule has 2 rings (SSSR count). The largest absolute Gasteiger partial charge is 0.399 e. The number of rotatable bonds is 5. The minimum atomic E-state index is -3.53. The monoisotopic (exact) mass is 378 g/mol. The number of aliphatic hydroxyl groups excluding tert-OH is 1. The SMILES string of the molecule is Nc1ccc(S(=O)(=O)N2CCC(OCCO)CC2)c(Br)c1. The van der Waals surface area contributed by atoms with Crippen LogP contribution in [0.5, 0.6) is 0 Å². The van der Waals surface area contributed by atoms with Gasteiger partial charge in [0.05, 0.1) is 24.2 Å². The molecule has 0 atom stereocenters. The third kappa shape index (κ3) is 3.95. The van der Waals surface area contributed by atoms with E-state index < -0.39 is 10.0 Å². The van der Waals surface area contributed by atoms with Crippen molar-refractivity contribution >= 4 is 31.6 Å². The number of ether oxygens (including phenoxy) is 1. The van der Waals surface area contributed by atoms with E-state index in [0.29, 0.717) is 42.7 Å². The molecule has 118 valence electrons. The van der Waals surface area contributed by atoms with E-state index in [1.54, 1.807) is 12.1 Å². The maximum absolute atomic E-state index is 12.6. The summed E-state index contributed by atoms with van der Waals surface area (Å²) in [6.07, 6.45) is 1.27. The second-order valence-electron chi connectivity index (χ2n) is 4.89. The number of aliphatic hydroxyl groups is 1. The van der Waals surface area contributed by atoms with Gasteiger partial charge in [0.25, 0.3) is 0 Å². The first-order chi connectivity index (χ1) is 9.95. The Bertz CT molecular complexity index is 586. The van der Waals surface area contributed by atoms with Crippen molar-refractivity contribution in [2.45, 2.75) is 23.8 Å². The average molecular weight is 379 g/mol. The van der Waals surface area contributed by atoms with Crippen molar-refractivity contribution in [3.63, 3.8) is 0 Å². The summed E-state index contributed by atoms with van der Waals surface area (Å²) < 4.78 is 32.6. The quantitative estimate of drug-likeness (QED) is 0.750. The van der Waals surface area contributed by atoms with Crippen molar-refractivity contribution in [1.82, 2.24) is 4.31 Å². The number of anilines is 1. The van der Waals surface area contributed by atoms with Crippen molar-refractivity contribution < 1.29 is 18.3 Å². The number of nitrogen functional groups attached to an aromatic ring is 1. The number of nitrogens with two attached hydrogens (primary N) is 1. The fourth-order valence-corrected chi connectivity index (χ4v) is 4.85. The Labute approximate surface area is 133 Å². The topological polar surface area (TPSA) is 92.9 Å². The highest BCUT2D eigenvalue weighted by atomic mass is 79.9. The molecule has 1 fully saturated rings. The summed E-state index contributed by atoms with van der Waals surface area (Å²) >= 11 is 3.26. The molecule has 8 heteroatoms. The fraction of sp³-hybridized carbons (Fsp3) is 0.538. The van der Waals surface area contributed by atoms with Crippen LogP contribution in [-0.4, -0.2) is 50.2 Å². The summed E-state index contributed by atoms with van der Waals surface area (Å²) in [5.41, 5.74) is 6.15. The maximum Gasteiger partial charge on any atom is 0.244 e. The molecule has 6 nitrogen and oxygen atoms in total. The van der Waals surface area contributed by atoms with Crippen molar-refractivity contribution in [1.29, 1.82) is 0 Å². The van der Waals surface area contributed by atoms with E-state index in [2.05, 4.69) is 15.9 Å². The van der Waals surface area contributed by atoms with Crippen LogP contribution in [0.4, 0.5) is 5.69 Å². The smallest absolute Gasteiger partial charge is 0.244 e. The van der Waals surface area contributed by atoms with Crippen LogP contribution in [0.2, 0.25) is 0 Å². The lowest BCUT2D eigenvalue weighted by Crippen LogP contribution is -2.41. The first-order valence-corrected chi connectivity index (χ1v) is 8.96. The number of halogens is 1. The van der Waals surface area contributed by atoms with Crippen LogP contribution in [0.15, 0.2) is 27.6 Å². The number of piperidine rings is 1. The first-order valence-electron chi connectivity index (χ1n) is 6.73. The summed E-state index contributed by atoms with van der Waals surface area (Å²) in [6, 6.07) is 4.68. The predicted octanol–water partition coefficient (Wildman–Crippen LogP) is 1.19. The third-order valence-electron chi connectivity index (χ3n) is 3.42. The Morgan fingerprint density at radius 3 is 2.62 bits per heavy atom. The van der Waals surface area contributed by atoms with Crippen LogP contribution in [0.1, 0.15) is 12.8 Å². The summed E-state index contributed by atoms with van der Waals surface area (Å²) in [5, 5.41) is 8.73. The third-order valence-corrected chi connectivity index (χ3v) is 6.29. The van der Waals surface area contributed by atoms with Gasteiger partial charge in [-0.05, 0) is 47.0 Å². The van der Waals surface area contributed by atoms with E-state index in [-0.39, 0.29) is 17.6 Å². The van der Waals surface area contributed by atoms with Crippen LogP contribution in [0, 0.1) is 0 Å². The molecule has 1 aromatic carbocycles. The van der Waals surface area contributed by atoms with Gasteiger partial charge in [-0.25, -0.2) is 8.42 Å². The van der Waals surface area contributed by atoms with Gasteiger partial charge in [-0.1, -0.05) is 0 Å². The van der Waals surface area contributed by atoms with Gasteiger partial charge in [0, 0.05) is 23.2 Å². The Morgan fingerprint density at radius 2 is 2.05 bits per heavy atom. The molecule has 0 saturated carbocycles. The van der Waals surface area contributed by atoms with Gasteiger partial charge in [-0.2, -0.15) is 4.31 Å². The Kier molecular flexibility index (Phi) is 5.61. The molecule has 0 aliphatic carbocycles. The van der Waals surface area contributed by atoms with Crippen LogP contribution in [0.3, 0.4) is 0 Å². The molecule has 0 aromatic heterocycles. The molecule has 1 saturated heterocycles. The lowest BCUT2D eigenvalue weighted by atomic mass is 10.1. The van der Waals surface area contributed by atoms with E-state index in [1.807, 2.05) is 0 Å². The Balaban J connectivity index is 2.08. The molecular weight excluding hydrogens is 360 g/mol. The fourth-order valence-electron chi connectivity index (χ4n) is 2.32. The molecule has 1 aliphatic heterocycles. The molecule has 0 amide bonds. The number of benzene rings is 1. The maximum atomic E-state index is 12.6. The highest BCUT2D eigenvalue weighted by molar-refractivity contribution is 9.10. The van der Waals surface area contributed by atoms with Gasteiger partial charge in [-0.3, -0.25) is 0 Å². The van der Waals surface area contributed by atoms with Crippen molar-refractivity contribution in [2.75, 3.05) is 32.0 Å². The summed E-state index contributed by atoms with van der Waals surface area (Å²) in [7, 11) is -3.53. The van der Waals surface area contributed by atoms with Gasteiger partial charge in [0.2, 0.25) is 10.0 Å². The first kappa shape index (κ1) is 16.7.